The number of hydrogen-bond acceptors (Lipinski definition) is 4. The Hall–Kier alpha value is -2.83. The van der Waals surface area contributed by atoms with Crippen LogP contribution in [-0.4, -0.2) is 32.1 Å². The Kier molecular flexibility index (Phi) is 3.59. The summed E-state index contributed by atoms with van der Waals surface area (Å²) in [5.41, 5.74) is -0.847. The molecule has 2 N–H and O–H groups in total. The van der Waals surface area contributed by atoms with Crippen molar-refractivity contribution < 1.29 is 19.4 Å². The van der Waals surface area contributed by atoms with E-state index in [1.807, 2.05) is 0 Å². The van der Waals surface area contributed by atoms with Gasteiger partial charge in [-0.3, -0.25) is 14.2 Å². The summed E-state index contributed by atoms with van der Waals surface area (Å²) < 4.78 is 14.2. The Morgan fingerprint density at radius 2 is 1.79 bits per heavy atom. The van der Waals surface area contributed by atoms with Gasteiger partial charge in [0.05, 0.1) is 5.54 Å². The number of halogens is 1. The van der Waals surface area contributed by atoms with Crippen LogP contribution < -0.4 is 5.56 Å². The van der Waals surface area contributed by atoms with Crippen LogP contribution in [0.2, 0.25) is 0 Å². The molecule has 1 aromatic heterocycles. The van der Waals surface area contributed by atoms with Gasteiger partial charge in [0.15, 0.2) is 17.2 Å². The lowest BCUT2D eigenvalue weighted by atomic mass is 9.98. The predicted molar refractivity (Wildman–Crippen MR) is 84.5 cm³/mol. The Morgan fingerprint density at radius 3 is 2.42 bits per heavy atom. The van der Waals surface area contributed by atoms with Crippen molar-refractivity contribution in [3.8, 4) is 11.5 Å². The number of benzene rings is 1. The maximum absolute atomic E-state index is 13.0. The number of rotatable bonds is 2. The molecule has 0 radical (unpaired) electrons. The molecule has 0 atom stereocenters. The molecule has 0 bridgehead atoms. The lowest BCUT2D eigenvalue weighted by Crippen LogP contribution is -2.54. The highest BCUT2D eigenvalue weighted by atomic mass is 19.1. The number of aromatic nitrogens is 1. The van der Waals surface area contributed by atoms with Crippen LogP contribution in [-0.2, 0) is 12.1 Å². The molecular weight excluding hydrogens is 315 g/mol. The molecule has 2 aromatic rings. The highest BCUT2D eigenvalue weighted by Gasteiger charge is 2.39. The van der Waals surface area contributed by atoms with E-state index in [1.165, 1.54) is 21.6 Å². The summed E-state index contributed by atoms with van der Waals surface area (Å²) in [7, 11) is 0. The fourth-order valence-electron chi connectivity index (χ4n) is 3.08. The smallest absolute Gasteiger partial charge is 0.275 e. The fraction of sp³-hybridized carbons (Fsp3) is 0.294. The number of aromatic hydroxyl groups is 2. The first-order valence-electron chi connectivity index (χ1n) is 7.43. The summed E-state index contributed by atoms with van der Waals surface area (Å²) in [6.07, 6.45) is 0. The molecule has 7 heteroatoms. The highest BCUT2D eigenvalue weighted by molar-refractivity contribution is 5.96. The first kappa shape index (κ1) is 16.0. The van der Waals surface area contributed by atoms with Gasteiger partial charge >= 0.3 is 0 Å². The van der Waals surface area contributed by atoms with Crippen LogP contribution in [0.4, 0.5) is 4.39 Å². The molecule has 0 saturated carbocycles. The van der Waals surface area contributed by atoms with Gasteiger partial charge in [-0.05, 0) is 31.5 Å². The van der Waals surface area contributed by atoms with E-state index < -0.39 is 28.5 Å². The van der Waals surface area contributed by atoms with Gasteiger partial charge in [0.25, 0.3) is 11.5 Å². The molecule has 3 rings (SSSR count). The predicted octanol–water partition coefficient (Wildman–Crippen LogP) is 1.79. The van der Waals surface area contributed by atoms with Crippen LogP contribution >= 0.6 is 0 Å². The fourth-order valence-corrected chi connectivity index (χ4v) is 3.08. The van der Waals surface area contributed by atoms with Gasteiger partial charge in [-0.25, -0.2) is 4.39 Å². The van der Waals surface area contributed by atoms with Gasteiger partial charge in [-0.1, -0.05) is 12.1 Å². The lowest BCUT2D eigenvalue weighted by Gasteiger charge is -2.41. The first-order chi connectivity index (χ1) is 11.2. The molecule has 126 valence electrons. The molecule has 24 heavy (non-hydrogen) atoms. The van der Waals surface area contributed by atoms with Crippen molar-refractivity contribution in [2.24, 2.45) is 0 Å². The normalized spacial score (nSPS) is 16.1. The van der Waals surface area contributed by atoms with E-state index in [0.29, 0.717) is 0 Å². The first-order valence-corrected chi connectivity index (χ1v) is 7.43. The van der Waals surface area contributed by atoms with Crippen molar-refractivity contribution in [2.45, 2.75) is 25.9 Å². The topological polar surface area (TPSA) is 82.8 Å². The van der Waals surface area contributed by atoms with E-state index in [9.17, 15) is 24.2 Å². The SMILES string of the molecule is CC1(C)CN(Cc2ccc(F)cc2)C(=O)c2c(O)c(O)cc(=O)n21. The second-order valence-corrected chi connectivity index (χ2v) is 6.50. The zero-order chi connectivity index (χ0) is 17.6. The third-order valence-corrected chi connectivity index (χ3v) is 4.13. The Labute approximate surface area is 137 Å². The molecule has 1 amide bonds. The molecule has 0 unspecified atom stereocenters. The average molecular weight is 332 g/mol. The molecule has 1 aliphatic heterocycles. The summed E-state index contributed by atoms with van der Waals surface area (Å²) in [6, 6.07) is 6.63. The summed E-state index contributed by atoms with van der Waals surface area (Å²) >= 11 is 0. The van der Waals surface area contributed by atoms with Crippen molar-refractivity contribution in [2.75, 3.05) is 6.54 Å². The summed E-state index contributed by atoms with van der Waals surface area (Å²) in [5, 5.41) is 19.8. The zero-order valence-corrected chi connectivity index (χ0v) is 13.3. The number of nitrogens with zero attached hydrogens (tertiary/aromatic N) is 2. The van der Waals surface area contributed by atoms with Gasteiger partial charge in [0.1, 0.15) is 5.82 Å². The van der Waals surface area contributed by atoms with Gasteiger partial charge < -0.3 is 15.1 Å². The molecule has 0 saturated heterocycles. The van der Waals surface area contributed by atoms with E-state index in [-0.39, 0.29) is 24.6 Å². The monoisotopic (exact) mass is 332 g/mol. The van der Waals surface area contributed by atoms with Crippen LogP contribution in [0.3, 0.4) is 0 Å². The summed E-state index contributed by atoms with van der Waals surface area (Å²) in [5.74, 6) is -2.18. The van der Waals surface area contributed by atoms with Gasteiger partial charge in [-0.2, -0.15) is 0 Å². The number of amides is 1. The minimum atomic E-state index is -0.772. The number of pyridine rings is 1. The summed E-state index contributed by atoms with van der Waals surface area (Å²) in [4.78, 5) is 26.4. The van der Waals surface area contributed by atoms with Gasteiger partial charge in [-0.15, -0.1) is 0 Å². The third-order valence-electron chi connectivity index (χ3n) is 4.13. The van der Waals surface area contributed by atoms with Gasteiger partial charge in [0.2, 0.25) is 0 Å². The van der Waals surface area contributed by atoms with Crippen molar-refractivity contribution in [3.05, 3.63) is 57.8 Å². The van der Waals surface area contributed by atoms with E-state index in [0.717, 1.165) is 11.6 Å². The van der Waals surface area contributed by atoms with E-state index in [4.69, 9.17) is 0 Å². The largest absolute Gasteiger partial charge is 0.504 e. The quantitative estimate of drug-likeness (QED) is 0.878. The Morgan fingerprint density at radius 1 is 1.17 bits per heavy atom. The second-order valence-electron chi connectivity index (χ2n) is 6.50. The van der Waals surface area contributed by atoms with Gasteiger partial charge in [0, 0.05) is 19.2 Å². The number of carbonyl (C=O) groups excluding carboxylic acids is 1. The number of hydrogen-bond donors (Lipinski definition) is 2. The average Bonchev–Trinajstić information content (AvgIpc) is 2.50. The molecule has 0 aliphatic carbocycles. The Bertz CT molecular complexity index is 871. The van der Waals surface area contributed by atoms with Crippen LogP contribution in [0.5, 0.6) is 11.5 Å². The van der Waals surface area contributed by atoms with Crippen molar-refractivity contribution in [1.29, 1.82) is 0 Å². The molecular formula is C17H17FN2O4. The van der Waals surface area contributed by atoms with Crippen LogP contribution in [0, 0.1) is 5.82 Å². The molecule has 6 nitrogen and oxygen atoms in total. The second kappa shape index (κ2) is 5.36. The van der Waals surface area contributed by atoms with Crippen molar-refractivity contribution in [3.63, 3.8) is 0 Å². The standard InChI is InChI=1S/C17H17FN2O4/c1-17(2)9-19(8-10-3-5-11(18)6-4-10)16(24)14-15(23)12(21)7-13(22)20(14)17/h3-7,21,23H,8-9H2,1-2H3. The molecule has 0 spiro atoms. The lowest BCUT2D eigenvalue weighted by molar-refractivity contribution is 0.0559. The van der Waals surface area contributed by atoms with E-state index in [1.54, 1.807) is 26.0 Å². The highest BCUT2D eigenvalue weighted by Crippen LogP contribution is 2.34. The van der Waals surface area contributed by atoms with Crippen molar-refractivity contribution in [1.82, 2.24) is 9.47 Å². The summed E-state index contributed by atoms with van der Waals surface area (Å²) in [6.45, 7) is 3.96. The number of fused-ring (bicyclic) bond motifs is 1. The number of carbonyl (C=O) groups is 1. The molecule has 0 fully saturated rings. The molecule has 2 heterocycles. The minimum Gasteiger partial charge on any atom is -0.504 e. The third kappa shape index (κ3) is 2.51. The van der Waals surface area contributed by atoms with Crippen LogP contribution in [0.1, 0.15) is 29.9 Å². The van der Waals surface area contributed by atoms with E-state index >= 15 is 0 Å². The zero-order valence-electron chi connectivity index (χ0n) is 13.3. The van der Waals surface area contributed by atoms with E-state index in [2.05, 4.69) is 0 Å². The minimum absolute atomic E-state index is 0.200. The maximum Gasteiger partial charge on any atom is 0.275 e. The van der Waals surface area contributed by atoms with Crippen LogP contribution in [0.15, 0.2) is 35.1 Å². The maximum atomic E-state index is 13.0. The van der Waals surface area contributed by atoms with Crippen LogP contribution in [0.25, 0.3) is 0 Å². The van der Waals surface area contributed by atoms with Crippen molar-refractivity contribution >= 4 is 5.91 Å². The molecule has 1 aromatic carbocycles. The molecule has 1 aliphatic rings. The Balaban J connectivity index is 2.07.